The van der Waals surface area contributed by atoms with E-state index in [4.69, 9.17) is 16.3 Å². The van der Waals surface area contributed by atoms with Gasteiger partial charge in [-0.1, -0.05) is 30.3 Å². The summed E-state index contributed by atoms with van der Waals surface area (Å²) in [5.74, 6) is 0.762. The third-order valence-electron chi connectivity index (χ3n) is 5.09. The lowest BCUT2D eigenvalue weighted by Crippen LogP contribution is -2.48. The molecule has 3 rings (SSSR count). The maximum Gasteiger partial charge on any atom is 0.244 e. The van der Waals surface area contributed by atoms with Crippen LogP contribution in [0.5, 0.6) is 5.75 Å². The Balaban J connectivity index is 1.64. The summed E-state index contributed by atoms with van der Waals surface area (Å²) in [6.07, 6.45) is 0.556. The first-order valence-electron chi connectivity index (χ1n) is 9.82. The van der Waals surface area contributed by atoms with E-state index in [0.717, 1.165) is 11.4 Å². The molecule has 2 aromatic rings. The largest absolute Gasteiger partial charge is 0.491 e. The molecule has 0 unspecified atom stereocenters. The van der Waals surface area contributed by atoms with Gasteiger partial charge in [0.2, 0.25) is 10.0 Å². The number of piperidine rings is 1. The Kier molecular flexibility index (Phi) is 6.77. The van der Waals surface area contributed by atoms with Crippen LogP contribution in [0.1, 0.15) is 26.7 Å². The molecular formula is C22H27ClN2O4S. The average molecular weight is 451 g/mol. The second-order valence-corrected chi connectivity index (χ2v) is 9.97. The van der Waals surface area contributed by atoms with Crippen molar-refractivity contribution in [1.29, 1.82) is 0 Å². The van der Waals surface area contributed by atoms with Gasteiger partial charge >= 0.3 is 0 Å². The topological polar surface area (TPSA) is 78.9 Å². The highest BCUT2D eigenvalue weighted by atomic mass is 35.5. The SMILES string of the molecule is C=C(Nc1ccc(OC(C)C)cc1)C1(O)CCN(S(=O)(=O)c2ccccc2Cl)CC1. The van der Waals surface area contributed by atoms with Gasteiger partial charge in [-0.3, -0.25) is 0 Å². The molecule has 2 N–H and O–H groups in total. The van der Waals surface area contributed by atoms with Crippen molar-refractivity contribution in [3.05, 3.63) is 65.8 Å². The Bertz CT molecular complexity index is 998. The average Bonchev–Trinajstić information content (AvgIpc) is 2.69. The standard InChI is InChI=1S/C22H27ClN2O4S/c1-16(2)29-19-10-8-18(9-11-19)24-17(3)22(26)12-14-25(15-13-22)30(27,28)21-7-5-4-6-20(21)23/h4-11,16,24,26H,3,12-15H2,1-2H3. The molecule has 1 aliphatic heterocycles. The lowest BCUT2D eigenvalue weighted by Gasteiger charge is -2.39. The van der Waals surface area contributed by atoms with Crippen molar-refractivity contribution in [2.75, 3.05) is 18.4 Å². The summed E-state index contributed by atoms with van der Waals surface area (Å²) < 4.78 is 32.8. The number of halogens is 1. The molecule has 0 radical (unpaired) electrons. The molecule has 0 atom stereocenters. The fraction of sp³-hybridized carbons (Fsp3) is 0.364. The number of rotatable bonds is 7. The van der Waals surface area contributed by atoms with Crippen molar-refractivity contribution in [2.24, 2.45) is 0 Å². The van der Waals surface area contributed by atoms with Crippen LogP contribution < -0.4 is 10.1 Å². The van der Waals surface area contributed by atoms with Crippen LogP contribution in [0.25, 0.3) is 0 Å². The van der Waals surface area contributed by atoms with Gasteiger partial charge in [0.15, 0.2) is 0 Å². The molecule has 0 aromatic heterocycles. The highest BCUT2D eigenvalue weighted by molar-refractivity contribution is 7.89. The van der Waals surface area contributed by atoms with E-state index in [0.29, 0.717) is 5.70 Å². The van der Waals surface area contributed by atoms with Gasteiger partial charge < -0.3 is 15.2 Å². The molecule has 162 valence electrons. The molecule has 1 heterocycles. The van der Waals surface area contributed by atoms with Crippen molar-refractivity contribution >= 4 is 27.3 Å². The number of nitrogens with zero attached hydrogens (tertiary/aromatic N) is 1. The number of aliphatic hydroxyl groups is 1. The van der Waals surface area contributed by atoms with Crippen LogP contribution in [-0.4, -0.2) is 42.6 Å². The Morgan fingerprint density at radius 2 is 1.77 bits per heavy atom. The number of hydrogen-bond donors (Lipinski definition) is 2. The Morgan fingerprint density at radius 3 is 2.33 bits per heavy atom. The highest BCUT2D eigenvalue weighted by Gasteiger charge is 2.39. The normalized spacial score (nSPS) is 17.0. The summed E-state index contributed by atoms with van der Waals surface area (Å²) in [6, 6.07) is 13.8. The monoisotopic (exact) mass is 450 g/mol. The van der Waals surface area contributed by atoms with Gasteiger partial charge in [-0.05, 0) is 63.1 Å². The molecule has 0 aliphatic carbocycles. The van der Waals surface area contributed by atoms with E-state index >= 15 is 0 Å². The molecule has 0 bridgehead atoms. The summed E-state index contributed by atoms with van der Waals surface area (Å²) in [5.41, 5.74) is 0.00467. The summed E-state index contributed by atoms with van der Waals surface area (Å²) in [6.45, 7) is 8.26. The molecule has 6 nitrogen and oxygen atoms in total. The van der Waals surface area contributed by atoms with Gasteiger partial charge in [-0.15, -0.1) is 0 Å². The van der Waals surface area contributed by atoms with E-state index in [2.05, 4.69) is 11.9 Å². The van der Waals surface area contributed by atoms with Crippen molar-refractivity contribution < 1.29 is 18.3 Å². The molecule has 8 heteroatoms. The first-order valence-corrected chi connectivity index (χ1v) is 11.6. The van der Waals surface area contributed by atoms with Gasteiger partial charge in [0.1, 0.15) is 16.2 Å². The second kappa shape index (κ2) is 8.98. The highest BCUT2D eigenvalue weighted by Crippen LogP contribution is 2.33. The first kappa shape index (κ1) is 22.6. The van der Waals surface area contributed by atoms with Crippen LogP contribution in [0.3, 0.4) is 0 Å². The smallest absolute Gasteiger partial charge is 0.244 e. The van der Waals surface area contributed by atoms with Crippen LogP contribution in [0, 0.1) is 0 Å². The van der Waals surface area contributed by atoms with Crippen LogP contribution >= 0.6 is 11.6 Å². The first-order chi connectivity index (χ1) is 14.1. The van der Waals surface area contributed by atoms with Crippen LogP contribution in [-0.2, 0) is 10.0 Å². The zero-order chi connectivity index (χ0) is 21.9. The van der Waals surface area contributed by atoms with Crippen molar-refractivity contribution in [1.82, 2.24) is 4.31 Å². The zero-order valence-electron chi connectivity index (χ0n) is 17.1. The minimum absolute atomic E-state index is 0.0813. The lowest BCUT2D eigenvalue weighted by molar-refractivity contribution is 0.0302. The summed E-state index contributed by atoms with van der Waals surface area (Å²) in [4.78, 5) is 0.0813. The third kappa shape index (κ3) is 4.98. The number of hydrogen-bond acceptors (Lipinski definition) is 5. The molecule has 0 spiro atoms. The van der Waals surface area contributed by atoms with Gasteiger partial charge in [0, 0.05) is 24.5 Å². The number of anilines is 1. The minimum Gasteiger partial charge on any atom is -0.491 e. The van der Waals surface area contributed by atoms with E-state index in [1.807, 2.05) is 38.1 Å². The van der Waals surface area contributed by atoms with Gasteiger partial charge in [0.25, 0.3) is 0 Å². The predicted octanol–water partition coefficient (Wildman–Crippen LogP) is 4.27. The molecule has 1 aliphatic rings. The Morgan fingerprint density at radius 1 is 1.17 bits per heavy atom. The molecule has 0 saturated carbocycles. The number of benzene rings is 2. The molecule has 30 heavy (non-hydrogen) atoms. The third-order valence-corrected chi connectivity index (χ3v) is 7.49. The molecule has 1 fully saturated rings. The number of sulfonamides is 1. The lowest BCUT2D eigenvalue weighted by atomic mass is 9.89. The van der Waals surface area contributed by atoms with E-state index in [-0.39, 0.29) is 42.0 Å². The summed E-state index contributed by atoms with van der Waals surface area (Å²) in [5, 5.41) is 14.4. The molecular weight excluding hydrogens is 424 g/mol. The fourth-order valence-corrected chi connectivity index (χ4v) is 5.31. The fourth-order valence-electron chi connectivity index (χ4n) is 3.37. The minimum atomic E-state index is -3.72. The van der Waals surface area contributed by atoms with E-state index in [9.17, 15) is 13.5 Å². The van der Waals surface area contributed by atoms with Crippen molar-refractivity contribution in [3.63, 3.8) is 0 Å². The van der Waals surface area contributed by atoms with Gasteiger partial charge in [-0.2, -0.15) is 4.31 Å². The molecule has 0 amide bonds. The molecule has 1 saturated heterocycles. The van der Waals surface area contributed by atoms with Crippen LogP contribution in [0.15, 0.2) is 65.7 Å². The van der Waals surface area contributed by atoms with Gasteiger partial charge in [-0.25, -0.2) is 8.42 Å². The zero-order valence-corrected chi connectivity index (χ0v) is 18.7. The van der Waals surface area contributed by atoms with E-state index < -0.39 is 15.6 Å². The van der Waals surface area contributed by atoms with E-state index in [1.54, 1.807) is 18.2 Å². The predicted molar refractivity (Wildman–Crippen MR) is 119 cm³/mol. The van der Waals surface area contributed by atoms with Crippen molar-refractivity contribution in [3.8, 4) is 5.75 Å². The Labute approximate surface area is 183 Å². The summed E-state index contributed by atoms with van der Waals surface area (Å²) >= 11 is 6.08. The van der Waals surface area contributed by atoms with Crippen LogP contribution in [0.4, 0.5) is 5.69 Å². The van der Waals surface area contributed by atoms with E-state index in [1.165, 1.54) is 10.4 Å². The number of ether oxygens (including phenoxy) is 1. The van der Waals surface area contributed by atoms with Crippen molar-refractivity contribution in [2.45, 2.75) is 43.3 Å². The van der Waals surface area contributed by atoms with Gasteiger partial charge in [0.05, 0.1) is 11.1 Å². The Hall–Kier alpha value is -2.06. The van der Waals surface area contributed by atoms with Crippen LogP contribution in [0.2, 0.25) is 5.02 Å². The second-order valence-electron chi connectivity index (χ2n) is 7.66. The maximum absolute atomic E-state index is 12.9. The number of nitrogens with one attached hydrogen (secondary N) is 1. The molecule has 2 aromatic carbocycles. The maximum atomic E-state index is 12.9. The quantitative estimate of drug-likeness (QED) is 0.658. The summed E-state index contributed by atoms with van der Waals surface area (Å²) in [7, 11) is -3.72.